The molecule has 0 fully saturated rings. The zero-order chi connectivity index (χ0) is 11.5. The molecular formula is C10H12BrN5. The average Bonchev–Trinajstić information content (AvgIpc) is 2.60. The van der Waals surface area contributed by atoms with Crippen LogP contribution in [0.4, 0.5) is 5.95 Å². The predicted molar refractivity (Wildman–Crippen MR) is 65.0 cm³/mol. The minimum absolute atomic E-state index is 0.617. The highest BCUT2D eigenvalue weighted by Gasteiger charge is 2.03. The summed E-state index contributed by atoms with van der Waals surface area (Å²) < 4.78 is 2.72. The van der Waals surface area contributed by atoms with Crippen LogP contribution in [0, 0.1) is 6.92 Å². The van der Waals surface area contributed by atoms with Gasteiger partial charge in [-0.3, -0.25) is 4.68 Å². The van der Waals surface area contributed by atoms with Crippen molar-refractivity contribution in [3.05, 3.63) is 34.3 Å². The second kappa shape index (κ2) is 4.61. The summed E-state index contributed by atoms with van der Waals surface area (Å²) >= 11 is 3.29. The van der Waals surface area contributed by atoms with Crippen LogP contribution in [0.15, 0.2) is 23.1 Å². The van der Waals surface area contributed by atoms with Crippen LogP contribution >= 0.6 is 15.9 Å². The number of hydrogen-bond donors (Lipinski definition) is 1. The molecule has 2 rings (SSSR count). The van der Waals surface area contributed by atoms with Crippen molar-refractivity contribution in [3.63, 3.8) is 0 Å². The van der Waals surface area contributed by atoms with Crippen molar-refractivity contribution < 1.29 is 0 Å². The van der Waals surface area contributed by atoms with Crippen molar-refractivity contribution in [2.45, 2.75) is 13.5 Å². The summed E-state index contributed by atoms with van der Waals surface area (Å²) in [5.74, 6) is 0.617. The minimum Gasteiger partial charge on any atom is -0.350 e. The summed E-state index contributed by atoms with van der Waals surface area (Å²) in [4.78, 5) is 8.27. The monoisotopic (exact) mass is 281 g/mol. The molecule has 2 heterocycles. The molecule has 0 aromatic carbocycles. The molecular weight excluding hydrogens is 270 g/mol. The van der Waals surface area contributed by atoms with Gasteiger partial charge in [-0.25, -0.2) is 9.97 Å². The number of nitrogens with zero attached hydrogens (tertiary/aromatic N) is 4. The van der Waals surface area contributed by atoms with Crippen molar-refractivity contribution in [3.8, 4) is 0 Å². The molecule has 0 unspecified atom stereocenters. The highest BCUT2D eigenvalue weighted by Crippen LogP contribution is 2.10. The van der Waals surface area contributed by atoms with E-state index in [0.717, 1.165) is 15.7 Å². The van der Waals surface area contributed by atoms with E-state index in [2.05, 4.69) is 36.3 Å². The van der Waals surface area contributed by atoms with Crippen LogP contribution in [0.2, 0.25) is 0 Å². The Bertz CT molecular complexity index is 476. The number of hydrogen-bond acceptors (Lipinski definition) is 4. The van der Waals surface area contributed by atoms with Crippen molar-refractivity contribution >= 4 is 21.9 Å². The number of aromatic nitrogens is 4. The van der Waals surface area contributed by atoms with Crippen molar-refractivity contribution in [2.75, 3.05) is 5.32 Å². The molecule has 0 aliphatic carbocycles. The fraction of sp³-hybridized carbons (Fsp3) is 0.300. The molecule has 0 atom stereocenters. The van der Waals surface area contributed by atoms with E-state index in [0.29, 0.717) is 12.5 Å². The summed E-state index contributed by atoms with van der Waals surface area (Å²) in [5.41, 5.74) is 2.29. The van der Waals surface area contributed by atoms with E-state index in [1.54, 1.807) is 12.4 Å². The molecule has 0 aliphatic rings. The molecule has 5 nitrogen and oxygen atoms in total. The highest BCUT2D eigenvalue weighted by molar-refractivity contribution is 9.10. The fourth-order valence-corrected chi connectivity index (χ4v) is 1.50. The first-order valence-electron chi connectivity index (χ1n) is 4.85. The molecule has 2 aromatic heterocycles. The van der Waals surface area contributed by atoms with Crippen LogP contribution in [0.25, 0.3) is 0 Å². The first-order chi connectivity index (χ1) is 7.66. The van der Waals surface area contributed by atoms with E-state index in [4.69, 9.17) is 0 Å². The quantitative estimate of drug-likeness (QED) is 0.934. The normalized spacial score (nSPS) is 10.4. The van der Waals surface area contributed by atoms with Gasteiger partial charge >= 0.3 is 0 Å². The lowest BCUT2D eigenvalue weighted by atomic mass is 10.2. The summed E-state index contributed by atoms with van der Waals surface area (Å²) in [6.07, 6.45) is 5.28. The molecule has 0 saturated carbocycles. The fourth-order valence-electron chi connectivity index (χ4n) is 1.30. The predicted octanol–water partition coefficient (Wildman–Crippen LogP) is 1.89. The van der Waals surface area contributed by atoms with E-state index in [9.17, 15) is 0 Å². The Morgan fingerprint density at radius 1 is 1.31 bits per heavy atom. The SMILES string of the molecule is Cc1c(CNc2ncc(Br)cn2)cnn1C. The zero-order valence-corrected chi connectivity index (χ0v) is 10.7. The van der Waals surface area contributed by atoms with Crippen LogP contribution in [0.3, 0.4) is 0 Å². The summed E-state index contributed by atoms with van der Waals surface area (Å²) in [6.45, 7) is 2.72. The van der Waals surface area contributed by atoms with Gasteiger partial charge in [0.15, 0.2) is 0 Å². The smallest absolute Gasteiger partial charge is 0.222 e. The zero-order valence-electron chi connectivity index (χ0n) is 9.11. The molecule has 0 saturated heterocycles. The lowest BCUT2D eigenvalue weighted by Crippen LogP contribution is -2.04. The molecule has 84 valence electrons. The topological polar surface area (TPSA) is 55.6 Å². The van der Waals surface area contributed by atoms with Crippen LogP contribution < -0.4 is 5.32 Å². The molecule has 16 heavy (non-hydrogen) atoms. The molecule has 0 aliphatic heterocycles. The third-order valence-electron chi connectivity index (χ3n) is 2.39. The Morgan fingerprint density at radius 3 is 2.56 bits per heavy atom. The van der Waals surface area contributed by atoms with Crippen molar-refractivity contribution in [1.82, 2.24) is 19.7 Å². The van der Waals surface area contributed by atoms with Crippen molar-refractivity contribution in [1.29, 1.82) is 0 Å². The minimum atomic E-state index is 0.617. The molecule has 0 spiro atoms. The lowest BCUT2D eigenvalue weighted by Gasteiger charge is -2.03. The van der Waals surface area contributed by atoms with Crippen LogP contribution in [0.1, 0.15) is 11.3 Å². The van der Waals surface area contributed by atoms with Gasteiger partial charge in [-0.1, -0.05) is 0 Å². The number of aryl methyl sites for hydroxylation is 1. The number of rotatable bonds is 3. The lowest BCUT2D eigenvalue weighted by molar-refractivity contribution is 0.738. The summed E-state index contributed by atoms with van der Waals surface area (Å²) in [7, 11) is 1.93. The molecule has 0 amide bonds. The van der Waals surface area contributed by atoms with Gasteiger partial charge in [-0.15, -0.1) is 0 Å². The van der Waals surface area contributed by atoms with Gasteiger partial charge in [0.2, 0.25) is 5.95 Å². The third kappa shape index (κ3) is 2.38. The number of anilines is 1. The van der Waals surface area contributed by atoms with Gasteiger partial charge in [0.25, 0.3) is 0 Å². The maximum Gasteiger partial charge on any atom is 0.222 e. The Hall–Kier alpha value is -1.43. The molecule has 0 radical (unpaired) electrons. The van der Waals surface area contributed by atoms with E-state index >= 15 is 0 Å². The Kier molecular flexibility index (Phi) is 3.19. The van der Waals surface area contributed by atoms with E-state index in [1.807, 2.05) is 24.9 Å². The van der Waals surface area contributed by atoms with Crippen LogP contribution in [-0.2, 0) is 13.6 Å². The number of nitrogens with one attached hydrogen (secondary N) is 1. The first-order valence-corrected chi connectivity index (χ1v) is 5.65. The Morgan fingerprint density at radius 2 is 2.00 bits per heavy atom. The maximum absolute atomic E-state index is 4.17. The Labute approximate surface area is 102 Å². The standard InChI is InChI=1S/C10H12BrN5/c1-7-8(4-15-16(7)2)3-12-10-13-5-9(11)6-14-10/h4-6H,3H2,1-2H3,(H,12,13,14). The van der Waals surface area contributed by atoms with E-state index < -0.39 is 0 Å². The van der Waals surface area contributed by atoms with Gasteiger partial charge in [-0.05, 0) is 22.9 Å². The molecule has 0 bridgehead atoms. The Balaban J connectivity index is 2.02. The van der Waals surface area contributed by atoms with E-state index in [-0.39, 0.29) is 0 Å². The van der Waals surface area contributed by atoms with Gasteiger partial charge in [-0.2, -0.15) is 5.10 Å². The highest BCUT2D eigenvalue weighted by atomic mass is 79.9. The molecule has 2 aromatic rings. The average molecular weight is 282 g/mol. The first kappa shape index (κ1) is 11.1. The third-order valence-corrected chi connectivity index (χ3v) is 2.80. The van der Waals surface area contributed by atoms with Crippen LogP contribution in [0.5, 0.6) is 0 Å². The maximum atomic E-state index is 4.17. The molecule has 6 heteroatoms. The van der Waals surface area contributed by atoms with Gasteiger partial charge in [0, 0.05) is 37.2 Å². The van der Waals surface area contributed by atoms with Gasteiger partial charge in [0.05, 0.1) is 10.7 Å². The van der Waals surface area contributed by atoms with Gasteiger partial charge in [0.1, 0.15) is 0 Å². The summed E-state index contributed by atoms with van der Waals surface area (Å²) in [6, 6.07) is 0. The molecule has 1 N–H and O–H groups in total. The van der Waals surface area contributed by atoms with E-state index in [1.165, 1.54) is 0 Å². The van der Waals surface area contributed by atoms with Crippen molar-refractivity contribution in [2.24, 2.45) is 7.05 Å². The van der Waals surface area contributed by atoms with Crippen LogP contribution in [-0.4, -0.2) is 19.7 Å². The van der Waals surface area contributed by atoms with Gasteiger partial charge < -0.3 is 5.32 Å². The number of halogens is 1. The second-order valence-corrected chi connectivity index (χ2v) is 4.37. The largest absolute Gasteiger partial charge is 0.350 e. The second-order valence-electron chi connectivity index (χ2n) is 3.46. The summed E-state index contributed by atoms with van der Waals surface area (Å²) in [5, 5.41) is 7.32.